The van der Waals surface area contributed by atoms with E-state index in [1.54, 1.807) is 0 Å². The van der Waals surface area contributed by atoms with Crippen molar-refractivity contribution in [2.75, 3.05) is 26.4 Å². The molecule has 0 aliphatic heterocycles. The molecule has 0 aromatic rings. The molecule has 0 aromatic heterocycles. The zero-order chi connectivity index (χ0) is 47.6. The van der Waals surface area contributed by atoms with E-state index >= 15 is 0 Å². The van der Waals surface area contributed by atoms with Gasteiger partial charge in [0.2, 0.25) is 0 Å². The zero-order valence-corrected chi connectivity index (χ0v) is 42.3. The SMILES string of the molecule is CCCCC/C=C/C/C=C/C/C=C/C/C=C/CCCCCC(=O)OC[C@H](COP(=O)(O)OC[C@@H](O)CO)OC(=O)CCC/C=C/CCCCCCCCCCCCCCCCCCCC. The number of carbonyl (C=O) groups is 2. The van der Waals surface area contributed by atoms with Crippen molar-refractivity contribution in [2.45, 2.75) is 244 Å². The van der Waals surface area contributed by atoms with Crippen LogP contribution in [0.3, 0.4) is 0 Å². The second-order valence-corrected chi connectivity index (χ2v) is 19.0. The molecule has 3 atom stereocenters. The van der Waals surface area contributed by atoms with Crippen LogP contribution in [0, 0.1) is 0 Å². The highest BCUT2D eigenvalue weighted by atomic mass is 31.2. The molecule has 1 unspecified atom stereocenters. The minimum atomic E-state index is -4.64. The molecule has 378 valence electrons. The third-order valence-electron chi connectivity index (χ3n) is 11.1. The fraction of sp³-hybridized carbons (Fsp3) is 0.778. The minimum absolute atomic E-state index is 0.128. The highest BCUT2D eigenvalue weighted by Gasteiger charge is 2.27. The molecular weight excluding hydrogens is 840 g/mol. The Labute approximate surface area is 397 Å². The summed E-state index contributed by atoms with van der Waals surface area (Å²) < 4.78 is 32.8. The highest BCUT2D eigenvalue weighted by molar-refractivity contribution is 7.47. The molecule has 0 rings (SSSR count). The van der Waals surface area contributed by atoms with E-state index in [0.29, 0.717) is 12.8 Å². The monoisotopic (exact) mass is 937 g/mol. The molecule has 0 heterocycles. The molecule has 10 nitrogen and oxygen atoms in total. The first-order valence-corrected chi connectivity index (χ1v) is 27.7. The first kappa shape index (κ1) is 62.7. The van der Waals surface area contributed by atoms with E-state index in [-0.39, 0.29) is 19.4 Å². The number of hydrogen-bond acceptors (Lipinski definition) is 9. The van der Waals surface area contributed by atoms with Crippen LogP contribution in [-0.2, 0) is 32.7 Å². The number of hydrogen-bond donors (Lipinski definition) is 3. The number of ether oxygens (including phenoxy) is 2. The number of allylic oxidation sites excluding steroid dienone is 10. The topological polar surface area (TPSA) is 149 Å². The molecule has 0 radical (unpaired) electrons. The number of carbonyl (C=O) groups excluding carboxylic acids is 2. The number of aliphatic hydroxyl groups is 2. The average molecular weight is 937 g/mol. The Kier molecular flexibility index (Phi) is 47.8. The second-order valence-electron chi connectivity index (χ2n) is 17.5. The third-order valence-corrected chi connectivity index (χ3v) is 12.1. The predicted molar refractivity (Wildman–Crippen MR) is 270 cm³/mol. The van der Waals surface area contributed by atoms with Crippen LogP contribution in [0.5, 0.6) is 0 Å². The van der Waals surface area contributed by atoms with Crippen molar-refractivity contribution in [1.29, 1.82) is 0 Å². The van der Waals surface area contributed by atoms with Gasteiger partial charge in [-0.05, 0) is 77.0 Å². The van der Waals surface area contributed by atoms with Gasteiger partial charge in [0.15, 0.2) is 6.10 Å². The molecule has 65 heavy (non-hydrogen) atoms. The minimum Gasteiger partial charge on any atom is -0.462 e. The summed E-state index contributed by atoms with van der Waals surface area (Å²) in [5, 5.41) is 18.4. The van der Waals surface area contributed by atoms with Crippen molar-refractivity contribution in [3.05, 3.63) is 60.8 Å². The van der Waals surface area contributed by atoms with Crippen molar-refractivity contribution in [3.63, 3.8) is 0 Å². The lowest BCUT2D eigenvalue weighted by atomic mass is 10.0. The molecule has 0 amide bonds. The predicted octanol–water partition coefficient (Wildman–Crippen LogP) is 15.0. The summed E-state index contributed by atoms with van der Waals surface area (Å²) >= 11 is 0. The van der Waals surface area contributed by atoms with Gasteiger partial charge in [-0.3, -0.25) is 18.6 Å². The van der Waals surface area contributed by atoms with Crippen molar-refractivity contribution < 1.29 is 47.8 Å². The van der Waals surface area contributed by atoms with Gasteiger partial charge in [-0.15, -0.1) is 0 Å². The maximum absolute atomic E-state index is 12.7. The Balaban J connectivity index is 4.24. The largest absolute Gasteiger partial charge is 0.472 e. The van der Waals surface area contributed by atoms with Crippen LogP contribution >= 0.6 is 7.82 Å². The first-order chi connectivity index (χ1) is 31.7. The van der Waals surface area contributed by atoms with Crippen LogP contribution in [-0.4, -0.2) is 65.7 Å². The lowest BCUT2D eigenvalue weighted by Crippen LogP contribution is -2.29. The Morgan fingerprint density at radius 3 is 1.29 bits per heavy atom. The van der Waals surface area contributed by atoms with Gasteiger partial charge in [0.25, 0.3) is 0 Å². The van der Waals surface area contributed by atoms with Gasteiger partial charge >= 0.3 is 19.8 Å². The molecular formula is C54H97O10P. The summed E-state index contributed by atoms with van der Waals surface area (Å²) in [7, 11) is -4.64. The van der Waals surface area contributed by atoms with Crippen LogP contribution in [0.1, 0.15) is 232 Å². The van der Waals surface area contributed by atoms with Gasteiger partial charge in [-0.2, -0.15) is 0 Å². The van der Waals surface area contributed by atoms with Gasteiger partial charge < -0.3 is 24.6 Å². The van der Waals surface area contributed by atoms with E-state index in [9.17, 15) is 24.2 Å². The number of rotatable bonds is 49. The van der Waals surface area contributed by atoms with Crippen molar-refractivity contribution in [1.82, 2.24) is 0 Å². The number of unbranched alkanes of at least 4 members (excludes halogenated alkanes) is 25. The van der Waals surface area contributed by atoms with Gasteiger partial charge in [0.05, 0.1) is 19.8 Å². The lowest BCUT2D eigenvalue weighted by Gasteiger charge is -2.20. The normalized spacial score (nSPS) is 14.1. The van der Waals surface area contributed by atoms with Crippen molar-refractivity contribution in [3.8, 4) is 0 Å². The second kappa shape index (κ2) is 49.6. The molecule has 3 N–H and O–H groups in total. The van der Waals surface area contributed by atoms with Crippen molar-refractivity contribution in [2.24, 2.45) is 0 Å². The van der Waals surface area contributed by atoms with Crippen LogP contribution < -0.4 is 0 Å². The number of esters is 2. The van der Waals surface area contributed by atoms with E-state index in [1.165, 1.54) is 141 Å². The molecule has 0 saturated heterocycles. The Morgan fingerprint density at radius 1 is 0.462 bits per heavy atom. The van der Waals surface area contributed by atoms with Gasteiger partial charge in [0.1, 0.15) is 12.7 Å². The van der Waals surface area contributed by atoms with Gasteiger partial charge in [-0.25, -0.2) is 4.57 Å². The van der Waals surface area contributed by atoms with E-state index in [4.69, 9.17) is 23.6 Å². The Hall–Kier alpha value is -2.33. The standard InChI is InChI=1S/C54H97O10P/c1-3-5-7-9-11-13-15-17-19-21-23-24-25-26-28-30-32-34-36-38-40-42-44-46-54(58)64-52(50-63-65(59,60)62-48-51(56)47-55)49-61-53(57)45-43-41-39-37-35-33-31-29-27-22-20-18-16-14-12-10-8-6-4-2/h12,14,18,20,27,29,33,35,38,40,51-52,55-56H,3-11,13,15-17,19,21-26,28,30-32,34,36-37,39,41-50H2,1-2H3,(H,59,60)/b14-12+,20-18+,29-27+,35-33+,40-38+/t51-,52+/m0/s1. The quantitative estimate of drug-likeness (QED) is 0.0233. The third kappa shape index (κ3) is 49.4. The Bertz CT molecular complexity index is 1260. The summed E-state index contributed by atoms with van der Waals surface area (Å²) in [6.45, 7) is 2.32. The highest BCUT2D eigenvalue weighted by Crippen LogP contribution is 2.43. The van der Waals surface area contributed by atoms with E-state index in [0.717, 1.165) is 51.4 Å². The lowest BCUT2D eigenvalue weighted by molar-refractivity contribution is -0.161. The van der Waals surface area contributed by atoms with E-state index in [2.05, 4.69) is 74.6 Å². The fourth-order valence-electron chi connectivity index (χ4n) is 7.10. The fourth-order valence-corrected chi connectivity index (χ4v) is 7.89. The van der Waals surface area contributed by atoms with Gasteiger partial charge in [0, 0.05) is 12.8 Å². The Morgan fingerprint density at radius 2 is 0.815 bits per heavy atom. The molecule has 11 heteroatoms. The number of phosphoric acid groups is 1. The summed E-state index contributed by atoms with van der Waals surface area (Å²) in [4.78, 5) is 35.2. The summed E-state index contributed by atoms with van der Waals surface area (Å²) in [5.41, 5.74) is 0. The molecule has 0 spiro atoms. The summed E-state index contributed by atoms with van der Waals surface area (Å²) in [5.74, 6) is -0.994. The van der Waals surface area contributed by atoms with Crippen LogP contribution in [0.4, 0.5) is 0 Å². The molecule has 0 aliphatic carbocycles. The average Bonchev–Trinajstić information content (AvgIpc) is 3.30. The maximum atomic E-state index is 12.7. The molecule has 0 bridgehead atoms. The van der Waals surface area contributed by atoms with Gasteiger partial charge in [-0.1, -0.05) is 203 Å². The maximum Gasteiger partial charge on any atom is 0.472 e. The zero-order valence-electron chi connectivity index (χ0n) is 41.4. The summed E-state index contributed by atoms with van der Waals surface area (Å²) in [6.07, 6.45) is 57.8. The molecule has 0 saturated carbocycles. The molecule has 0 aliphatic rings. The molecule has 0 aromatic carbocycles. The van der Waals surface area contributed by atoms with Crippen LogP contribution in [0.2, 0.25) is 0 Å². The van der Waals surface area contributed by atoms with Crippen LogP contribution in [0.25, 0.3) is 0 Å². The smallest absolute Gasteiger partial charge is 0.462 e. The molecule has 0 fully saturated rings. The number of phosphoric ester groups is 1. The van der Waals surface area contributed by atoms with Crippen molar-refractivity contribution >= 4 is 19.8 Å². The van der Waals surface area contributed by atoms with Crippen LogP contribution in [0.15, 0.2) is 60.8 Å². The number of aliphatic hydroxyl groups excluding tert-OH is 2. The van der Waals surface area contributed by atoms with E-state index < -0.39 is 51.8 Å². The summed E-state index contributed by atoms with van der Waals surface area (Å²) in [6, 6.07) is 0. The first-order valence-electron chi connectivity index (χ1n) is 26.2. The van der Waals surface area contributed by atoms with E-state index in [1.807, 2.05) is 0 Å².